The average Bonchev–Trinajstić information content (AvgIpc) is 2.03. The summed E-state index contributed by atoms with van der Waals surface area (Å²) in [5.74, 6) is 0. The average molecular weight is 203 g/mol. The van der Waals surface area contributed by atoms with Crippen LogP contribution in [0.25, 0.3) is 0 Å². The molecule has 0 radical (unpaired) electrons. The Labute approximate surface area is 83.8 Å². The van der Waals surface area contributed by atoms with Crippen LogP contribution in [0.15, 0.2) is 16.2 Å². The second kappa shape index (κ2) is 3.58. The van der Waals surface area contributed by atoms with E-state index in [1.807, 2.05) is 0 Å². The summed E-state index contributed by atoms with van der Waals surface area (Å²) in [6.07, 6.45) is 1.63. The second-order valence-corrected chi connectivity index (χ2v) is 4.53. The number of hydrogen-bond donors (Lipinski definition) is 1. The minimum absolute atomic E-state index is 0.0489. The van der Waals surface area contributed by atoms with Gasteiger partial charge in [-0.1, -0.05) is 32.4 Å². The van der Waals surface area contributed by atoms with Gasteiger partial charge in [0.25, 0.3) is 6.02 Å². The lowest BCUT2D eigenvalue weighted by Gasteiger charge is -2.33. The molecule has 4 heteroatoms. The Morgan fingerprint density at radius 1 is 1.54 bits per heavy atom. The highest BCUT2D eigenvalue weighted by atomic mass is 35.5. The van der Waals surface area contributed by atoms with Gasteiger partial charge < -0.3 is 10.1 Å². The molecule has 1 aliphatic heterocycles. The van der Waals surface area contributed by atoms with E-state index in [9.17, 15) is 0 Å². The van der Waals surface area contributed by atoms with Crippen LogP contribution in [-0.2, 0) is 4.74 Å². The van der Waals surface area contributed by atoms with E-state index >= 15 is 0 Å². The van der Waals surface area contributed by atoms with Gasteiger partial charge in [-0.05, 0) is 5.41 Å². The molecule has 1 aliphatic rings. The van der Waals surface area contributed by atoms with Crippen molar-refractivity contribution in [3.05, 3.63) is 11.2 Å². The number of amidine groups is 1. The molecule has 74 valence electrons. The number of aliphatic imine (C=N–C) groups is 1. The van der Waals surface area contributed by atoms with Crippen molar-refractivity contribution < 1.29 is 4.74 Å². The summed E-state index contributed by atoms with van der Waals surface area (Å²) < 4.78 is 5.00. The maximum Gasteiger partial charge on any atom is 0.289 e. The summed E-state index contributed by atoms with van der Waals surface area (Å²) in [5, 5.41) is 3.84. The normalized spacial score (nSPS) is 23.0. The highest BCUT2D eigenvalue weighted by molar-refractivity contribution is 6.30. The van der Waals surface area contributed by atoms with Crippen molar-refractivity contribution in [1.82, 2.24) is 5.32 Å². The molecule has 0 amide bonds. The summed E-state index contributed by atoms with van der Waals surface area (Å²) in [6.45, 7) is 6.33. The largest absolute Gasteiger partial charge is 0.468 e. The molecule has 1 atom stereocenters. The fraction of sp³-hybridized carbons (Fsp3) is 0.667. The van der Waals surface area contributed by atoms with Gasteiger partial charge in [0, 0.05) is 6.20 Å². The predicted molar refractivity (Wildman–Crippen MR) is 54.8 cm³/mol. The first kappa shape index (κ1) is 10.4. The summed E-state index contributed by atoms with van der Waals surface area (Å²) in [4.78, 5) is 3.98. The number of rotatable bonds is 0. The van der Waals surface area contributed by atoms with Crippen LogP contribution in [0.2, 0.25) is 0 Å². The molecule has 1 rings (SSSR count). The molecule has 0 aliphatic carbocycles. The van der Waals surface area contributed by atoms with E-state index in [0.717, 1.165) is 0 Å². The van der Waals surface area contributed by atoms with E-state index in [1.54, 1.807) is 13.3 Å². The molecule has 0 spiro atoms. The molecular formula is C9H15ClN2O. The Morgan fingerprint density at radius 2 is 2.15 bits per heavy atom. The zero-order chi connectivity index (χ0) is 10.1. The summed E-state index contributed by atoms with van der Waals surface area (Å²) >= 11 is 6.03. The molecule has 0 aromatic rings. The van der Waals surface area contributed by atoms with Crippen LogP contribution in [0.4, 0.5) is 0 Å². The number of methoxy groups -OCH3 is 1. The molecule has 0 fully saturated rings. The second-order valence-electron chi connectivity index (χ2n) is 4.10. The minimum Gasteiger partial charge on any atom is -0.468 e. The van der Waals surface area contributed by atoms with Gasteiger partial charge in [-0.15, -0.1) is 0 Å². The van der Waals surface area contributed by atoms with Gasteiger partial charge in [0.15, 0.2) is 0 Å². The lowest BCUT2D eigenvalue weighted by Crippen LogP contribution is -2.46. The fourth-order valence-corrected chi connectivity index (χ4v) is 1.60. The van der Waals surface area contributed by atoms with Crippen LogP contribution in [0.5, 0.6) is 0 Å². The van der Waals surface area contributed by atoms with Crippen molar-refractivity contribution in [2.75, 3.05) is 7.11 Å². The van der Waals surface area contributed by atoms with Gasteiger partial charge in [0.1, 0.15) is 0 Å². The van der Waals surface area contributed by atoms with Crippen LogP contribution in [0, 0.1) is 5.41 Å². The number of hydrogen-bond acceptors (Lipinski definition) is 3. The smallest absolute Gasteiger partial charge is 0.289 e. The quantitative estimate of drug-likeness (QED) is 0.653. The number of nitrogens with one attached hydrogen (secondary N) is 1. The fourth-order valence-electron chi connectivity index (χ4n) is 1.17. The molecular weight excluding hydrogens is 188 g/mol. The third-order valence-electron chi connectivity index (χ3n) is 1.91. The monoisotopic (exact) mass is 202 g/mol. The van der Waals surface area contributed by atoms with E-state index in [0.29, 0.717) is 11.1 Å². The standard InChI is InChI=1S/C9H15ClN2O/c1-9(2,3)7-6(10)5-11-8(12-7)13-4/h5,7H,1-4H3,(H,11,12). The Balaban J connectivity index is 2.83. The summed E-state index contributed by atoms with van der Waals surface area (Å²) in [6, 6.07) is 0.589. The van der Waals surface area contributed by atoms with Crippen molar-refractivity contribution in [3.63, 3.8) is 0 Å². The van der Waals surface area contributed by atoms with E-state index in [2.05, 4.69) is 31.1 Å². The maximum absolute atomic E-state index is 6.03. The third kappa shape index (κ3) is 2.37. The summed E-state index contributed by atoms with van der Waals surface area (Å²) in [5.41, 5.74) is 0.0489. The first-order chi connectivity index (χ1) is 5.95. The highest BCUT2D eigenvalue weighted by Gasteiger charge is 2.30. The Hall–Kier alpha value is -0.700. The number of nitrogens with zero attached hydrogens (tertiary/aromatic N) is 1. The van der Waals surface area contributed by atoms with Gasteiger partial charge >= 0.3 is 0 Å². The van der Waals surface area contributed by atoms with E-state index in [-0.39, 0.29) is 11.5 Å². The molecule has 13 heavy (non-hydrogen) atoms. The molecule has 0 bridgehead atoms. The Morgan fingerprint density at radius 3 is 2.62 bits per heavy atom. The Bertz CT molecular complexity index is 253. The lowest BCUT2D eigenvalue weighted by atomic mass is 9.86. The van der Waals surface area contributed by atoms with E-state index in [1.165, 1.54) is 0 Å². The zero-order valence-electron chi connectivity index (χ0n) is 8.39. The summed E-state index contributed by atoms with van der Waals surface area (Å²) in [7, 11) is 1.58. The SMILES string of the molecule is COC1=NC=C(Cl)C(C(C)(C)C)N1. The van der Waals surface area contributed by atoms with Gasteiger partial charge in [-0.3, -0.25) is 0 Å². The van der Waals surface area contributed by atoms with E-state index < -0.39 is 0 Å². The zero-order valence-corrected chi connectivity index (χ0v) is 9.14. The molecule has 0 saturated carbocycles. The molecule has 0 aromatic heterocycles. The minimum atomic E-state index is 0.0489. The van der Waals surface area contributed by atoms with Crippen molar-refractivity contribution >= 4 is 17.6 Å². The highest BCUT2D eigenvalue weighted by Crippen LogP contribution is 2.28. The van der Waals surface area contributed by atoms with Crippen molar-refractivity contribution in [2.45, 2.75) is 26.8 Å². The van der Waals surface area contributed by atoms with Crippen LogP contribution in [0.1, 0.15) is 20.8 Å². The number of ether oxygens (including phenoxy) is 1. The van der Waals surface area contributed by atoms with Crippen LogP contribution in [0.3, 0.4) is 0 Å². The van der Waals surface area contributed by atoms with Crippen LogP contribution >= 0.6 is 11.6 Å². The van der Waals surface area contributed by atoms with E-state index in [4.69, 9.17) is 16.3 Å². The molecule has 1 unspecified atom stereocenters. The first-order valence-electron chi connectivity index (χ1n) is 4.19. The Kier molecular flexibility index (Phi) is 2.86. The van der Waals surface area contributed by atoms with Gasteiger partial charge in [-0.25, -0.2) is 4.99 Å². The topological polar surface area (TPSA) is 33.6 Å². The molecule has 3 nitrogen and oxygen atoms in total. The van der Waals surface area contributed by atoms with Gasteiger partial charge in [0.2, 0.25) is 0 Å². The maximum atomic E-state index is 6.03. The van der Waals surface area contributed by atoms with Gasteiger partial charge in [-0.2, -0.15) is 0 Å². The van der Waals surface area contributed by atoms with Crippen LogP contribution < -0.4 is 5.32 Å². The van der Waals surface area contributed by atoms with Crippen molar-refractivity contribution in [3.8, 4) is 0 Å². The van der Waals surface area contributed by atoms with Crippen LogP contribution in [-0.4, -0.2) is 19.2 Å². The molecule has 1 heterocycles. The van der Waals surface area contributed by atoms with Crippen molar-refractivity contribution in [2.24, 2.45) is 10.4 Å². The first-order valence-corrected chi connectivity index (χ1v) is 4.57. The molecule has 0 aromatic carbocycles. The van der Waals surface area contributed by atoms with Crippen molar-refractivity contribution in [1.29, 1.82) is 0 Å². The molecule has 1 N–H and O–H groups in total. The predicted octanol–water partition coefficient (Wildman–Crippen LogP) is 2.09. The molecule has 0 saturated heterocycles. The van der Waals surface area contributed by atoms with Gasteiger partial charge in [0.05, 0.1) is 18.2 Å². The number of halogens is 1. The third-order valence-corrected chi connectivity index (χ3v) is 2.22. The lowest BCUT2D eigenvalue weighted by molar-refractivity contribution is 0.300.